The molecule has 0 radical (unpaired) electrons. The lowest BCUT2D eigenvalue weighted by molar-refractivity contribution is 0.104. The molecule has 1 aliphatic carbocycles. The number of ether oxygens (including phenoxy) is 1. The van der Waals surface area contributed by atoms with Gasteiger partial charge in [0.1, 0.15) is 11.3 Å². The molecule has 0 spiro atoms. The Balaban J connectivity index is 1.31. The molecule has 2 heterocycles. The van der Waals surface area contributed by atoms with Crippen LogP contribution in [0.15, 0.2) is 77.3 Å². The summed E-state index contributed by atoms with van der Waals surface area (Å²) < 4.78 is 11.3. The van der Waals surface area contributed by atoms with Crippen molar-refractivity contribution in [2.24, 2.45) is 0 Å². The molecule has 5 aromatic rings. The Labute approximate surface area is 233 Å². The van der Waals surface area contributed by atoms with Crippen LogP contribution in [0.25, 0.3) is 22.2 Å². The minimum atomic E-state index is -0.0139. The summed E-state index contributed by atoms with van der Waals surface area (Å²) in [4.78, 5) is 18.7. The highest BCUT2D eigenvalue weighted by Crippen LogP contribution is 2.46. The van der Waals surface area contributed by atoms with E-state index in [0.29, 0.717) is 16.9 Å². The summed E-state index contributed by atoms with van der Waals surface area (Å²) in [5, 5.41) is 8.96. The minimum Gasteiger partial charge on any atom is -0.497 e. The molecule has 2 aliphatic rings. The summed E-state index contributed by atoms with van der Waals surface area (Å²) in [5.74, 6) is 1.50. The third-order valence-electron chi connectivity index (χ3n) is 8.10. The minimum absolute atomic E-state index is 0.0139. The Morgan fingerprint density at radius 3 is 2.33 bits per heavy atom. The molecular weight excluding hydrogens is 500 g/mol. The third-order valence-corrected chi connectivity index (χ3v) is 8.10. The molecule has 0 bridgehead atoms. The van der Waals surface area contributed by atoms with Gasteiger partial charge in [-0.05, 0) is 61.4 Å². The monoisotopic (exact) mass is 530 g/mol. The molecule has 0 amide bonds. The maximum Gasteiger partial charge on any atom is 0.196 e. The number of carbonyl (C=O) groups is 1. The molecule has 4 aromatic carbocycles. The highest BCUT2D eigenvalue weighted by atomic mass is 16.5. The van der Waals surface area contributed by atoms with E-state index in [0.717, 1.165) is 76.6 Å². The highest BCUT2D eigenvalue weighted by Gasteiger charge is 2.34. The van der Waals surface area contributed by atoms with Gasteiger partial charge in [-0.15, -0.1) is 0 Å². The van der Waals surface area contributed by atoms with Gasteiger partial charge >= 0.3 is 0 Å². The maximum atomic E-state index is 13.9. The number of fused-ring (bicyclic) bond motifs is 2. The summed E-state index contributed by atoms with van der Waals surface area (Å²) in [6.45, 7) is 7.51. The van der Waals surface area contributed by atoms with E-state index in [-0.39, 0.29) is 5.78 Å². The molecule has 0 unspecified atom stereocenters. The molecule has 200 valence electrons. The number of methoxy groups -OCH3 is 1. The number of carbonyl (C=O) groups excluding carboxylic acids is 1. The van der Waals surface area contributed by atoms with Crippen LogP contribution in [0.1, 0.15) is 27.0 Å². The zero-order valence-corrected chi connectivity index (χ0v) is 22.8. The number of hydrogen-bond donors (Lipinski definition) is 1. The molecule has 1 saturated heterocycles. The first-order valence-electron chi connectivity index (χ1n) is 13.6. The van der Waals surface area contributed by atoms with Gasteiger partial charge in [-0.25, -0.2) is 0 Å². The smallest absolute Gasteiger partial charge is 0.196 e. The van der Waals surface area contributed by atoms with Crippen molar-refractivity contribution in [3.63, 3.8) is 0 Å². The van der Waals surface area contributed by atoms with E-state index < -0.39 is 0 Å². The van der Waals surface area contributed by atoms with Crippen molar-refractivity contribution in [2.45, 2.75) is 13.8 Å². The van der Waals surface area contributed by atoms with Gasteiger partial charge in [-0.1, -0.05) is 41.6 Å². The first-order chi connectivity index (χ1) is 19.5. The largest absolute Gasteiger partial charge is 0.497 e. The molecule has 1 aromatic heterocycles. The molecule has 1 aliphatic heterocycles. The van der Waals surface area contributed by atoms with Crippen LogP contribution in [0.5, 0.6) is 5.75 Å². The van der Waals surface area contributed by atoms with E-state index in [9.17, 15) is 4.79 Å². The summed E-state index contributed by atoms with van der Waals surface area (Å²) >= 11 is 0. The van der Waals surface area contributed by atoms with Gasteiger partial charge in [-0.3, -0.25) is 4.79 Å². The Morgan fingerprint density at radius 1 is 0.850 bits per heavy atom. The molecule has 1 N–H and O–H groups in total. The average molecular weight is 531 g/mol. The van der Waals surface area contributed by atoms with Crippen molar-refractivity contribution < 1.29 is 14.1 Å². The molecule has 40 heavy (non-hydrogen) atoms. The van der Waals surface area contributed by atoms with Crippen molar-refractivity contribution in [3.05, 3.63) is 95.1 Å². The van der Waals surface area contributed by atoms with E-state index in [2.05, 4.69) is 70.5 Å². The van der Waals surface area contributed by atoms with Gasteiger partial charge in [-0.2, -0.15) is 0 Å². The van der Waals surface area contributed by atoms with Crippen LogP contribution in [0.4, 0.5) is 22.7 Å². The number of benzene rings is 4. The van der Waals surface area contributed by atoms with Crippen LogP contribution in [0.2, 0.25) is 0 Å². The normalized spacial score (nSPS) is 14.4. The van der Waals surface area contributed by atoms with E-state index in [1.807, 2.05) is 36.4 Å². The summed E-state index contributed by atoms with van der Waals surface area (Å²) in [5.41, 5.74) is 8.96. The van der Waals surface area contributed by atoms with Crippen molar-refractivity contribution in [1.29, 1.82) is 0 Å². The molecule has 7 nitrogen and oxygen atoms in total. The molecule has 0 atom stereocenters. The van der Waals surface area contributed by atoms with E-state index in [1.165, 1.54) is 5.69 Å². The zero-order valence-electron chi connectivity index (χ0n) is 22.8. The first-order valence-corrected chi connectivity index (χ1v) is 13.6. The quantitative estimate of drug-likeness (QED) is 0.265. The fourth-order valence-corrected chi connectivity index (χ4v) is 5.90. The van der Waals surface area contributed by atoms with Crippen molar-refractivity contribution >= 4 is 39.4 Å². The van der Waals surface area contributed by atoms with Crippen LogP contribution in [0.3, 0.4) is 0 Å². The predicted molar refractivity (Wildman–Crippen MR) is 159 cm³/mol. The standard InChI is InChI=1S/C33H30N4O3/c1-20-8-9-21(2)26(18-20)34-27-19-28(37-16-14-36(15-17-37)22-10-12-23(39-3)13-11-22)31-30-29(27)32(38)24-6-4-5-7-25(24)33(30)40-35-31/h4-13,18-19,34H,14-17H2,1-3H3. The van der Waals surface area contributed by atoms with E-state index in [4.69, 9.17) is 9.26 Å². The first kappa shape index (κ1) is 24.3. The lowest BCUT2D eigenvalue weighted by atomic mass is 9.86. The summed E-state index contributed by atoms with van der Waals surface area (Å²) in [6, 6.07) is 24.2. The van der Waals surface area contributed by atoms with Crippen molar-refractivity contribution in [1.82, 2.24) is 5.16 Å². The fourth-order valence-electron chi connectivity index (χ4n) is 5.90. The number of ketones is 1. The van der Waals surface area contributed by atoms with Gasteiger partial charge in [0, 0.05) is 48.7 Å². The average Bonchev–Trinajstić information content (AvgIpc) is 3.43. The number of piperazine rings is 1. The van der Waals surface area contributed by atoms with E-state index in [1.54, 1.807) is 7.11 Å². The second kappa shape index (κ2) is 9.45. The highest BCUT2D eigenvalue weighted by molar-refractivity contribution is 6.28. The Hall–Kier alpha value is -4.78. The van der Waals surface area contributed by atoms with Crippen LogP contribution < -0.4 is 19.9 Å². The third kappa shape index (κ3) is 3.88. The Bertz CT molecular complexity index is 1770. The van der Waals surface area contributed by atoms with Gasteiger partial charge in [0.15, 0.2) is 11.5 Å². The van der Waals surface area contributed by atoms with Crippen LogP contribution in [-0.4, -0.2) is 44.2 Å². The number of rotatable bonds is 5. The van der Waals surface area contributed by atoms with Gasteiger partial charge in [0.05, 0.1) is 29.4 Å². The zero-order chi connectivity index (χ0) is 27.4. The number of anilines is 4. The van der Waals surface area contributed by atoms with Crippen molar-refractivity contribution in [3.8, 4) is 17.1 Å². The summed E-state index contributed by atoms with van der Waals surface area (Å²) in [7, 11) is 1.68. The van der Waals surface area contributed by atoms with Crippen LogP contribution in [-0.2, 0) is 0 Å². The molecule has 7 rings (SSSR count). The predicted octanol–water partition coefficient (Wildman–Crippen LogP) is 6.73. The van der Waals surface area contributed by atoms with Gasteiger partial charge in [0.25, 0.3) is 0 Å². The second-order valence-corrected chi connectivity index (χ2v) is 10.5. The topological polar surface area (TPSA) is 70.8 Å². The van der Waals surface area contributed by atoms with Gasteiger partial charge < -0.3 is 24.4 Å². The molecule has 1 fully saturated rings. The number of nitrogens with zero attached hydrogens (tertiary/aromatic N) is 3. The molecule has 7 heteroatoms. The number of nitrogens with one attached hydrogen (secondary N) is 1. The number of aromatic nitrogens is 1. The number of hydrogen-bond acceptors (Lipinski definition) is 7. The number of aryl methyl sites for hydroxylation is 2. The second-order valence-electron chi connectivity index (χ2n) is 10.5. The molecule has 0 saturated carbocycles. The van der Waals surface area contributed by atoms with E-state index >= 15 is 0 Å². The van der Waals surface area contributed by atoms with Crippen LogP contribution in [0, 0.1) is 13.8 Å². The SMILES string of the molecule is COc1ccc(N2CCN(c3cc(Nc4cc(C)ccc4C)c4c5c(onc35)-c3ccccc3C4=O)CC2)cc1. The molecular formula is C33H30N4O3. The van der Waals surface area contributed by atoms with Crippen LogP contribution >= 0.6 is 0 Å². The summed E-state index contributed by atoms with van der Waals surface area (Å²) in [6.07, 6.45) is 0. The lowest BCUT2D eigenvalue weighted by Gasteiger charge is -2.37. The lowest BCUT2D eigenvalue weighted by Crippen LogP contribution is -2.46. The maximum absolute atomic E-state index is 13.9. The fraction of sp³-hybridized carbons (Fsp3) is 0.212. The Kier molecular flexibility index (Phi) is 5.73. The van der Waals surface area contributed by atoms with Gasteiger partial charge in [0.2, 0.25) is 0 Å². The van der Waals surface area contributed by atoms with Crippen molar-refractivity contribution in [2.75, 3.05) is 48.4 Å². The Morgan fingerprint density at radius 2 is 1.57 bits per heavy atom.